The zero-order chi connectivity index (χ0) is 16.8. The molecule has 0 radical (unpaired) electrons. The summed E-state index contributed by atoms with van der Waals surface area (Å²) in [6.07, 6.45) is 9.62. The van der Waals surface area contributed by atoms with Crippen molar-refractivity contribution in [1.29, 1.82) is 0 Å². The van der Waals surface area contributed by atoms with Crippen LogP contribution in [0.25, 0.3) is 0 Å². The number of furan rings is 1. The number of aliphatic imine (C=N–C) groups is 1. The Kier molecular flexibility index (Phi) is 7.58. The van der Waals surface area contributed by atoms with Crippen LogP contribution in [0.1, 0.15) is 44.3 Å². The van der Waals surface area contributed by atoms with Gasteiger partial charge in [0.25, 0.3) is 0 Å². The van der Waals surface area contributed by atoms with Crippen molar-refractivity contribution in [1.82, 2.24) is 15.5 Å². The van der Waals surface area contributed by atoms with Crippen LogP contribution in [0.4, 0.5) is 0 Å². The lowest BCUT2D eigenvalue weighted by molar-refractivity contribution is -0.120. The molecule has 0 bridgehead atoms. The zero-order valence-electron chi connectivity index (χ0n) is 14.9. The Hall–Kier alpha value is -1.25. The molecule has 1 saturated heterocycles. The largest absolute Gasteiger partial charge is 0.467 e. The van der Waals surface area contributed by atoms with Crippen molar-refractivity contribution in [3.8, 4) is 0 Å². The number of halogens is 1. The van der Waals surface area contributed by atoms with E-state index in [2.05, 4.69) is 20.5 Å². The highest BCUT2D eigenvalue weighted by Gasteiger charge is 2.39. The van der Waals surface area contributed by atoms with Crippen molar-refractivity contribution in [2.24, 2.45) is 10.4 Å². The van der Waals surface area contributed by atoms with Crippen LogP contribution >= 0.6 is 24.0 Å². The van der Waals surface area contributed by atoms with Crippen molar-refractivity contribution in [3.05, 3.63) is 24.2 Å². The highest BCUT2D eigenvalue weighted by atomic mass is 127. The summed E-state index contributed by atoms with van der Waals surface area (Å²) < 4.78 is 5.21. The van der Waals surface area contributed by atoms with Gasteiger partial charge in [-0.1, -0.05) is 19.3 Å². The van der Waals surface area contributed by atoms with Gasteiger partial charge in [-0.2, -0.15) is 0 Å². The number of carbonyl (C=O) groups excluding carboxylic acids is 1. The maximum absolute atomic E-state index is 12.0. The fourth-order valence-electron chi connectivity index (χ4n) is 3.98. The van der Waals surface area contributed by atoms with Gasteiger partial charge in [-0.05, 0) is 36.8 Å². The van der Waals surface area contributed by atoms with Crippen molar-refractivity contribution in [2.45, 2.75) is 45.1 Å². The molecule has 2 fully saturated rings. The highest BCUT2D eigenvalue weighted by molar-refractivity contribution is 14.0. The first-order chi connectivity index (χ1) is 11.7. The van der Waals surface area contributed by atoms with Crippen LogP contribution in [0, 0.1) is 5.41 Å². The molecule has 25 heavy (non-hydrogen) atoms. The molecule has 1 amide bonds. The van der Waals surface area contributed by atoms with E-state index >= 15 is 0 Å². The minimum atomic E-state index is -0.0564. The van der Waals surface area contributed by atoms with Gasteiger partial charge in [0.05, 0.1) is 19.4 Å². The molecule has 0 aromatic carbocycles. The topological polar surface area (TPSA) is 69.9 Å². The average Bonchev–Trinajstić information content (AvgIpc) is 3.25. The predicted octanol–water partition coefficient (Wildman–Crippen LogP) is 2.75. The lowest BCUT2D eigenvalue weighted by Gasteiger charge is -2.33. The number of rotatable bonds is 4. The van der Waals surface area contributed by atoms with Gasteiger partial charge in [0, 0.05) is 20.1 Å². The van der Waals surface area contributed by atoms with E-state index in [4.69, 9.17) is 4.42 Å². The van der Waals surface area contributed by atoms with Crippen LogP contribution in [-0.2, 0) is 11.3 Å². The lowest BCUT2D eigenvalue weighted by atomic mass is 9.73. The average molecular weight is 460 g/mol. The van der Waals surface area contributed by atoms with E-state index in [0.29, 0.717) is 12.0 Å². The van der Waals surface area contributed by atoms with E-state index in [1.54, 1.807) is 13.3 Å². The third-order valence-electron chi connectivity index (χ3n) is 5.31. The fraction of sp³-hybridized carbons (Fsp3) is 0.667. The number of hydrogen-bond donors (Lipinski definition) is 2. The second kappa shape index (κ2) is 9.45. The number of nitrogens with one attached hydrogen (secondary N) is 2. The Balaban J connectivity index is 0.00000225. The predicted molar refractivity (Wildman–Crippen MR) is 109 cm³/mol. The molecule has 2 heterocycles. The molecule has 0 atom stereocenters. The lowest BCUT2D eigenvalue weighted by Crippen LogP contribution is -2.45. The van der Waals surface area contributed by atoms with E-state index in [9.17, 15) is 4.79 Å². The summed E-state index contributed by atoms with van der Waals surface area (Å²) in [6, 6.07) is 3.66. The van der Waals surface area contributed by atoms with Crippen LogP contribution in [0.5, 0.6) is 0 Å². The fourth-order valence-corrected chi connectivity index (χ4v) is 3.98. The number of hydrogen-bond acceptors (Lipinski definition) is 3. The summed E-state index contributed by atoms with van der Waals surface area (Å²) in [7, 11) is 1.79. The molecule has 140 valence electrons. The van der Waals surface area contributed by atoms with E-state index in [1.165, 1.54) is 38.5 Å². The molecule has 2 N–H and O–H groups in total. The van der Waals surface area contributed by atoms with Crippen LogP contribution in [0.2, 0.25) is 0 Å². The molecule has 1 aliphatic carbocycles. The van der Waals surface area contributed by atoms with E-state index in [1.807, 2.05) is 12.1 Å². The molecule has 7 heteroatoms. The van der Waals surface area contributed by atoms with Gasteiger partial charge in [0.1, 0.15) is 5.76 Å². The molecule has 2 aliphatic rings. The Labute approximate surface area is 166 Å². The van der Waals surface area contributed by atoms with Gasteiger partial charge in [-0.15, -0.1) is 24.0 Å². The molecule has 3 rings (SSSR count). The van der Waals surface area contributed by atoms with E-state index < -0.39 is 0 Å². The first-order valence-corrected chi connectivity index (χ1v) is 8.95. The molecule has 1 aromatic heterocycles. The quantitative estimate of drug-likeness (QED) is 0.412. The van der Waals surface area contributed by atoms with Crippen molar-refractivity contribution in [3.63, 3.8) is 0 Å². The van der Waals surface area contributed by atoms with Crippen LogP contribution < -0.4 is 10.6 Å². The van der Waals surface area contributed by atoms with Crippen molar-refractivity contribution < 1.29 is 9.21 Å². The van der Waals surface area contributed by atoms with E-state index in [0.717, 1.165) is 24.8 Å². The Morgan fingerprint density at radius 2 is 2.08 bits per heavy atom. The molecule has 1 aromatic rings. The normalized spacial score (nSPS) is 19.6. The van der Waals surface area contributed by atoms with Gasteiger partial charge in [0.15, 0.2) is 5.96 Å². The van der Waals surface area contributed by atoms with Crippen molar-refractivity contribution >= 4 is 35.8 Å². The molecule has 1 aliphatic heterocycles. The molecule has 6 nitrogen and oxygen atoms in total. The minimum absolute atomic E-state index is 0. The molecular formula is C18H29IN4O2. The first kappa shape index (κ1) is 20.1. The van der Waals surface area contributed by atoms with Gasteiger partial charge >= 0.3 is 0 Å². The number of amides is 1. The Bertz CT molecular complexity index is 568. The Morgan fingerprint density at radius 3 is 2.76 bits per heavy atom. The maximum atomic E-state index is 12.0. The second-order valence-corrected chi connectivity index (χ2v) is 6.99. The van der Waals surface area contributed by atoms with Gasteiger partial charge in [0.2, 0.25) is 5.91 Å². The summed E-state index contributed by atoms with van der Waals surface area (Å²) in [5.41, 5.74) is 0.484. The molecule has 1 spiro atoms. The van der Waals surface area contributed by atoms with Crippen LogP contribution in [0.15, 0.2) is 27.8 Å². The smallest absolute Gasteiger partial charge is 0.239 e. The SMILES string of the molecule is CN=C(NCC(=O)NCc1ccco1)N1CCC2(CCCCC2)C1.I. The van der Waals surface area contributed by atoms with E-state index in [-0.39, 0.29) is 36.4 Å². The maximum Gasteiger partial charge on any atom is 0.239 e. The third-order valence-corrected chi connectivity index (χ3v) is 5.31. The standard InChI is InChI=1S/C18H28N4O2.HI/c1-19-17(21-13-16(23)20-12-15-6-5-11-24-15)22-10-9-18(14-22)7-3-2-4-8-18;/h5-6,11H,2-4,7-10,12-14H2,1H3,(H,19,21)(H,20,23);1H. The van der Waals surface area contributed by atoms with Crippen LogP contribution in [-0.4, -0.2) is 43.4 Å². The molecule has 0 unspecified atom stereocenters. The number of guanidine groups is 1. The summed E-state index contributed by atoms with van der Waals surface area (Å²) in [5, 5.41) is 6.04. The monoisotopic (exact) mass is 460 g/mol. The molecule has 1 saturated carbocycles. The summed E-state index contributed by atoms with van der Waals surface area (Å²) in [4.78, 5) is 18.7. The van der Waals surface area contributed by atoms with Crippen molar-refractivity contribution in [2.75, 3.05) is 26.7 Å². The van der Waals surface area contributed by atoms with Gasteiger partial charge in [-0.25, -0.2) is 0 Å². The molecular weight excluding hydrogens is 431 g/mol. The summed E-state index contributed by atoms with van der Waals surface area (Å²) >= 11 is 0. The Morgan fingerprint density at radius 1 is 1.28 bits per heavy atom. The second-order valence-electron chi connectivity index (χ2n) is 6.99. The van der Waals surface area contributed by atoms with Crippen LogP contribution in [0.3, 0.4) is 0 Å². The summed E-state index contributed by atoms with van der Waals surface area (Å²) in [5.74, 6) is 1.54. The first-order valence-electron chi connectivity index (χ1n) is 8.95. The third kappa shape index (κ3) is 5.36. The minimum Gasteiger partial charge on any atom is -0.467 e. The number of likely N-dealkylation sites (tertiary alicyclic amines) is 1. The summed E-state index contributed by atoms with van der Waals surface area (Å²) in [6.45, 7) is 2.75. The number of nitrogens with zero attached hydrogens (tertiary/aromatic N) is 2. The number of carbonyl (C=O) groups is 1. The van der Waals surface area contributed by atoms with Gasteiger partial charge < -0.3 is 20.0 Å². The zero-order valence-corrected chi connectivity index (χ0v) is 17.3. The highest BCUT2D eigenvalue weighted by Crippen LogP contribution is 2.43. The van der Waals surface area contributed by atoms with Gasteiger partial charge in [-0.3, -0.25) is 9.79 Å².